The Labute approximate surface area is 293 Å². The molecule has 0 aliphatic carbocycles. The minimum Gasteiger partial charge on any atom is -0.461 e. The number of nitrogens with two attached hydrogens (primary N) is 1. The molecule has 14 heteroatoms. The number of guanidine groups is 1. The minimum atomic E-state index is -0.625. The molecule has 0 saturated carbocycles. The van der Waals surface area contributed by atoms with Gasteiger partial charge in [-0.25, -0.2) is 0 Å². The molecule has 0 bridgehead atoms. The summed E-state index contributed by atoms with van der Waals surface area (Å²) in [5.41, 5.74) is 9.00. The van der Waals surface area contributed by atoms with E-state index in [-0.39, 0.29) is 41.7 Å². The molecule has 0 unspecified atom stereocenters. The summed E-state index contributed by atoms with van der Waals surface area (Å²) >= 11 is 12.0. The largest absolute Gasteiger partial charge is 0.461 e. The number of primary amides is 1. The summed E-state index contributed by atoms with van der Waals surface area (Å²) in [6.07, 6.45) is 4.02. The molecular formula is C35H35Cl2N7O5. The maximum Gasteiger partial charge on any atom is 0.307 e. The molecular weight excluding hydrogens is 669 g/mol. The number of aliphatic imine (C=N–C) groups is 1. The zero-order valence-electron chi connectivity index (χ0n) is 26.4. The number of ether oxygens (including phenoxy) is 1. The molecule has 2 heterocycles. The third kappa shape index (κ3) is 11.9. The molecule has 3 amide bonds. The van der Waals surface area contributed by atoms with E-state index in [2.05, 4.69) is 31.2 Å². The number of carbonyl (C=O) groups is 4. The number of halogens is 2. The van der Waals surface area contributed by atoms with Crippen LogP contribution in [0.2, 0.25) is 10.0 Å². The molecule has 0 atom stereocenters. The predicted octanol–water partition coefficient (Wildman–Crippen LogP) is 4.58. The lowest BCUT2D eigenvalue weighted by Gasteiger charge is -2.16. The number of nitrogens with one attached hydrogen (secondary N) is 4. The van der Waals surface area contributed by atoms with Crippen LogP contribution >= 0.6 is 23.2 Å². The molecule has 5 rings (SSSR count). The van der Waals surface area contributed by atoms with E-state index in [1.165, 1.54) is 6.20 Å². The Kier molecular flexibility index (Phi) is 13.9. The van der Waals surface area contributed by atoms with Gasteiger partial charge in [-0.05, 0) is 41.3 Å². The molecule has 12 nitrogen and oxygen atoms in total. The first-order chi connectivity index (χ1) is 23.7. The van der Waals surface area contributed by atoms with Crippen LogP contribution in [0.1, 0.15) is 39.1 Å². The van der Waals surface area contributed by atoms with E-state index in [0.29, 0.717) is 17.2 Å². The van der Waals surface area contributed by atoms with Gasteiger partial charge in [-0.3, -0.25) is 29.2 Å². The Balaban J connectivity index is 0.000000266. The fraction of sp³-hybridized carbons (Fsp3) is 0.200. The Hall–Kier alpha value is -5.46. The van der Waals surface area contributed by atoms with Gasteiger partial charge in [0, 0.05) is 25.8 Å². The Morgan fingerprint density at radius 2 is 1.57 bits per heavy atom. The summed E-state index contributed by atoms with van der Waals surface area (Å²) in [6, 6.07) is 24.0. The van der Waals surface area contributed by atoms with Gasteiger partial charge >= 0.3 is 5.97 Å². The second-order valence-corrected chi connectivity index (χ2v) is 11.4. The highest BCUT2D eigenvalue weighted by Gasteiger charge is 2.14. The SMILES string of the molecule is NC(=O)c1c(Cl)cc(-c2ccccc2)cc1Cl.O=C(CNC(=O)c1cncc(NC2=NCCCN2)c1)NCCC(=O)OCc1ccccc1. The molecule has 0 saturated heterocycles. The average Bonchev–Trinajstić information content (AvgIpc) is 3.11. The molecule has 0 fully saturated rings. The first-order valence-corrected chi connectivity index (χ1v) is 16.0. The number of nitrogens with zero attached hydrogens (tertiary/aromatic N) is 2. The van der Waals surface area contributed by atoms with E-state index in [0.717, 1.165) is 36.2 Å². The molecule has 1 aliphatic rings. The van der Waals surface area contributed by atoms with Crippen molar-refractivity contribution >= 4 is 58.5 Å². The third-order valence-electron chi connectivity index (χ3n) is 6.86. The van der Waals surface area contributed by atoms with E-state index >= 15 is 0 Å². The molecule has 0 radical (unpaired) electrons. The molecule has 1 aromatic heterocycles. The van der Waals surface area contributed by atoms with E-state index in [1.54, 1.807) is 24.4 Å². The van der Waals surface area contributed by atoms with Crippen molar-refractivity contribution in [2.75, 3.05) is 31.5 Å². The number of rotatable bonds is 11. The molecule has 1 aliphatic heterocycles. The van der Waals surface area contributed by atoms with Crippen molar-refractivity contribution in [2.45, 2.75) is 19.4 Å². The van der Waals surface area contributed by atoms with Crippen LogP contribution < -0.4 is 27.0 Å². The lowest BCUT2D eigenvalue weighted by molar-refractivity contribution is -0.144. The number of benzene rings is 3. The van der Waals surface area contributed by atoms with Crippen molar-refractivity contribution in [3.8, 4) is 11.1 Å². The highest BCUT2D eigenvalue weighted by molar-refractivity contribution is 6.40. The van der Waals surface area contributed by atoms with Crippen LogP contribution in [0, 0.1) is 0 Å². The molecule has 49 heavy (non-hydrogen) atoms. The highest BCUT2D eigenvalue weighted by Crippen LogP contribution is 2.31. The zero-order chi connectivity index (χ0) is 35.0. The van der Waals surface area contributed by atoms with Crippen molar-refractivity contribution in [1.29, 1.82) is 0 Å². The summed E-state index contributed by atoms with van der Waals surface area (Å²) in [5.74, 6) is -1.24. The van der Waals surface area contributed by atoms with Gasteiger partial charge in [0.15, 0.2) is 5.96 Å². The number of amides is 3. The normalized spacial score (nSPS) is 11.8. The Bertz CT molecular complexity index is 1770. The van der Waals surface area contributed by atoms with Crippen molar-refractivity contribution in [2.24, 2.45) is 10.7 Å². The van der Waals surface area contributed by atoms with Gasteiger partial charge in [-0.1, -0.05) is 83.9 Å². The number of carbonyl (C=O) groups excluding carboxylic acids is 4. The van der Waals surface area contributed by atoms with Crippen LogP contribution in [-0.4, -0.2) is 60.8 Å². The van der Waals surface area contributed by atoms with Crippen LogP contribution in [0.5, 0.6) is 0 Å². The van der Waals surface area contributed by atoms with Gasteiger partial charge in [0.25, 0.3) is 11.8 Å². The van der Waals surface area contributed by atoms with Crippen molar-refractivity contribution in [3.05, 3.63) is 118 Å². The highest BCUT2D eigenvalue weighted by atomic mass is 35.5. The fourth-order valence-corrected chi connectivity index (χ4v) is 5.10. The summed E-state index contributed by atoms with van der Waals surface area (Å²) in [6.45, 7) is 1.67. The van der Waals surface area contributed by atoms with Gasteiger partial charge in [-0.15, -0.1) is 0 Å². The fourth-order valence-electron chi connectivity index (χ4n) is 4.43. The van der Waals surface area contributed by atoms with Crippen LogP contribution in [0.4, 0.5) is 5.69 Å². The third-order valence-corrected chi connectivity index (χ3v) is 7.46. The van der Waals surface area contributed by atoms with Crippen molar-refractivity contribution in [3.63, 3.8) is 0 Å². The van der Waals surface area contributed by atoms with E-state index in [9.17, 15) is 19.2 Å². The number of esters is 1. The summed E-state index contributed by atoms with van der Waals surface area (Å²) in [5, 5.41) is 11.8. The smallest absolute Gasteiger partial charge is 0.307 e. The first-order valence-electron chi connectivity index (χ1n) is 15.3. The maximum absolute atomic E-state index is 12.3. The average molecular weight is 705 g/mol. The summed E-state index contributed by atoms with van der Waals surface area (Å²) in [4.78, 5) is 55.5. The second-order valence-electron chi connectivity index (χ2n) is 10.6. The lowest BCUT2D eigenvalue weighted by Crippen LogP contribution is -2.38. The van der Waals surface area contributed by atoms with Gasteiger partial charge in [0.1, 0.15) is 6.61 Å². The van der Waals surface area contributed by atoms with Gasteiger partial charge in [-0.2, -0.15) is 0 Å². The number of hydrogen-bond donors (Lipinski definition) is 5. The Morgan fingerprint density at radius 1 is 0.878 bits per heavy atom. The monoisotopic (exact) mass is 703 g/mol. The Morgan fingerprint density at radius 3 is 2.22 bits per heavy atom. The number of pyridine rings is 1. The molecule has 0 spiro atoms. The van der Waals surface area contributed by atoms with Crippen LogP contribution in [0.15, 0.2) is 96.2 Å². The zero-order valence-corrected chi connectivity index (χ0v) is 27.9. The molecule has 4 aromatic rings. The molecule has 6 N–H and O–H groups in total. The number of aromatic nitrogens is 1. The maximum atomic E-state index is 12.3. The second kappa shape index (κ2) is 18.8. The van der Waals surface area contributed by atoms with Gasteiger partial charge in [0.05, 0.1) is 46.0 Å². The number of hydrogen-bond acceptors (Lipinski definition) is 9. The minimum absolute atomic E-state index is 0.0437. The van der Waals surface area contributed by atoms with Crippen molar-refractivity contribution in [1.82, 2.24) is 20.9 Å². The topological polar surface area (TPSA) is 177 Å². The first kappa shape index (κ1) is 36.4. The van der Waals surface area contributed by atoms with E-state index < -0.39 is 23.7 Å². The number of anilines is 1. The quantitative estimate of drug-likeness (QED) is 0.141. The summed E-state index contributed by atoms with van der Waals surface area (Å²) < 4.78 is 5.15. The molecule has 3 aromatic carbocycles. The lowest BCUT2D eigenvalue weighted by atomic mass is 10.0. The van der Waals surface area contributed by atoms with E-state index in [4.69, 9.17) is 33.7 Å². The van der Waals surface area contributed by atoms with Crippen LogP contribution in [0.3, 0.4) is 0 Å². The van der Waals surface area contributed by atoms with Gasteiger partial charge in [0.2, 0.25) is 5.91 Å². The summed E-state index contributed by atoms with van der Waals surface area (Å²) in [7, 11) is 0. The van der Waals surface area contributed by atoms with Crippen LogP contribution in [0.25, 0.3) is 11.1 Å². The van der Waals surface area contributed by atoms with Crippen LogP contribution in [-0.2, 0) is 20.9 Å². The van der Waals surface area contributed by atoms with E-state index in [1.807, 2.05) is 60.7 Å². The van der Waals surface area contributed by atoms with Crippen molar-refractivity contribution < 1.29 is 23.9 Å². The predicted molar refractivity (Wildman–Crippen MR) is 189 cm³/mol. The molecule has 254 valence electrons. The van der Waals surface area contributed by atoms with Gasteiger partial charge < -0.3 is 31.7 Å². The standard InChI is InChI=1S/C22H26N6O4.C13H9Cl2NO/c29-19(24-10-7-20(30)32-15-16-5-2-1-3-6-16)14-27-21(31)17-11-18(13-23-12-17)28-22-25-8-4-9-26-22;14-10-6-9(8-4-2-1-3-5-8)7-11(15)12(10)13(16)17/h1-3,5-6,11-13H,4,7-10,14-15H2,(H,24,29)(H,27,31)(H2,25,26,28);1-7H,(H2,16,17).